The van der Waals surface area contributed by atoms with E-state index in [1.54, 1.807) is 28.9 Å². The highest BCUT2D eigenvalue weighted by molar-refractivity contribution is 7.18. The van der Waals surface area contributed by atoms with Gasteiger partial charge in [0, 0.05) is 18.0 Å². The smallest absolute Gasteiger partial charge is 0.202 e. The van der Waals surface area contributed by atoms with Gasteiger partial charge >= 0.3 is 0 Å². The molecule has 0 amide bonds. The molecular weight excluding hydrogens is 378 g/mol. The normalized spacial score (nSPS) is 15.4. The molecule has 4 aromatic heterocycles. The zero-order valence-electron chi connectivity index (χ0n) is 14.7. The highest BCUT2D eigenvalue weighted by Crippen LogP contribution is 2.38. The third-order valence-corrected chi connectivity index (χ3v) is 6.63. The number of nitrogens with zero attached hydrogens (tertiary/aromatic N) is 3. The van der Waals surface area contributed by atoms with E-state index < -0.39 is 6.29 Å². The first-order chi connectivity index (χ1) is 13.3. The molecule has 0 aromatic carbocycles. The summed E-state index contributed by atoms with van der Waals surface area (Å²) >= 11 is 3.32. The number of aryl methyl sites for hydroxylation is 1. The van der Waals surface area contributed by atoms with E-state index in [9.17, 15) is 0 Å². The summed E-state index contributed by atoms with van der Waals surface area (Å²) in [6, 6.07) is 8.21. The molecule has 5 nitrogen and oxygen atoms in total. The van der Waals surface area contributed by atoms with Crippen molar-refractivity contribution in [2.75, 3.05) is 13.2 Å². The topological polar surface area (TPSA) is 57.1 Å². The van der Waals surface area contributed by atoms with Gasteiger partial charge in [-0.2, -0.15) is 0 Å². The molecule has 0 N–H and O–H groups in total. The summed E-state index contributed by atoms with van der Waals surface area (Å²) in [6.07, 6.45) is 4.14. The van der Waals surface area contributed by atoms with Gasteiger partial charge < -0.3 is 9.47 Å². The first kappa shape index (κ1) is 16.9. The van der Waals surface area contributed by atoms with E-state index in [0.717, 1.165) is 49.0 Å². The van der Waals surface area contributed by atoms with Crippen LogP contribution in [-0.4, -0.2) is 28.2 Å². The molecule has 1 fully saturated rings. The van der Waals surface area contributed by atoms with E-state index in [4.69, 9.17) is 19.4 Å². The largest absolute Gasteiger partial charge is 0.347 e. The molecule has 4 aromatic rings. The van der Waals surface area contributed by atoms with Crippen LogP contribution in [-0.2, 0) is 9.47 Å². The fourth-order valence-electron chi connectivity index (χ4n) is 3.17. The van der Waals surface area contributed by atoms with E-state index in [-0.39, 0.29) is 0 Å². The molecule has 1 saturated heterocycles. The van der Waals surface area contributed by atoms with Crippen molar-refractivity contribution in [3.05, 3.63) is 53.4 Å². The predicted octanol–water partition coefficient (Wildman–Crippen LogP) is 5.23. The van der Waals surface area contributed by atoms with Gasteiger partial charge in [0.1, 0.15) is 10.7 Å². The van der Waals surface area contributed by atoms with Crippen LogP contribution >= 0.6 is 22.7 Å². The fraction of sp³-hybridized carbons (Fsp3) is 0.250. The Hall–Kier alpha value is -2.19. The van der Waals surface area contributed by atoms with E-state index in [1.165, 1.54) is 0 Å². The number of aromatic nitrogens is 3. The van der Waals surface area contributed by atoms with Crippen LogP contribution in [0.3, 0.4) is 0 Å². The summed E-state index contributed by atoms with van der Waals surface area (Å²) in [7, 11) is 0. The number of rotatable bonds is 3. The average Bonchev–Trinajstić information content (AvgIpc) is 3.35. The van der Waals surface area contributed by atoms with E-state index in [1.807, 2.05) is 25.3 Å². The molecule has 0 spiro atoms. The highest BCUT2D eigenvalue weighted by atomic mass is 32.1. The Kier molecular flexibility index (Phi) is 4.45. The summed E-state index contributed by atoms with van der Waals surface area (Å²) in [5.74, 6) is 0. The van der Waals surface area contributed by atoms with Gasteiger partial charge in [-0.15, -0.1) is 22.7 Å². The third kappa shape index (κ3) is 3.17. The highest BCUT2D eigenvalue weighted by Gasteiger charge is 2.23. The molecule has 1 aliphatic heterocycles. The Balaban J connectivity index is 1.62. The molecular formula is C20H17N3O2S2. The van der Waals surface area contributed by atoms with Gasteiger partial charge in [0.25, 0.3) is 0 Å². The van der Waals surface area contributed by atoms with E-state index in [2.05, 4.69) is 22.5 Å². The molecule has 7 heteroatoms. The third-order valence-electron chi connectivity index (χ3n) is 4.45. The Morgan fingerprint density at radius 2 is 2.04 bits per heavy atom. The molecule has 136 valence electrons. The fourth-order valence-corrected chi connectivity index (χ4v) is 5.06. The first-order valence-electron chi connectivity index (χ1n) is 8.79. The van der Waals surface area contributed by atoms with Crippen LogP contribution in [0.15, 0.2) is 42.0 Å². The standard InChI is InChI=1S/C20H17N3O2S2/c1-12-17(27-19(22-12)14-4-2-6-21-11-14)15-10-13-5-9-26-18(13)16(23-15)20-24-7-3-8-25-20/h2,4-6,9-11,20H,3,7-8H2,1H3. The number of hydrogen-bond donors (Lipinski definition) is 0. The number of fused-ring (bicyclic) bond motifs is 1. The Labute approximate surface area is 164 Å². The first-order valence-corrected chi connectivity index (χ1v) is 10.5. The zero-order valence-corrected chi connectivity index (χ0v) is 16.3. The molecule has 0 saturated carbocycles. The van der Waals surface area contributed by atoms with Crippen molar-refractivity contribution < 1.29 is 9.47 Å². The number of thiazole rings is 1. The molecule has 0 unspecified atom stereocenters. The Bertz CT molecular complexity index is 1090. The van der Waals surface area contributed by atoms with Crippen LogP contribution in [0.25, 0.3) is 31.2 Å². The summed E-state index contributed by atoms with van der Waals surface area (Å²) in [4.78, 5) is 15.0. The van der Waals surface area contributed by atoms with Crippen molar-refractivity contribution in [2.45, 2.75) is 19.6 Å². The molecule has 1 aliphatic rings. The molecule has 5 heterocycles. The second-order valence-electron chi connectivity index (χ2n) is 6.33. The molecule has 0 bridgehead atoms. The maximum atomic E-state index is 5.84. The molecule has 0 radical (unpaired) electrons. The van der Waals surface area contributed by atoms with Crippen molar-refractivity contribution in [1.82, 2.24) is 15.0 Å². The minimum atomic E-state index is -0.397. The van der Waals surface area contributed by atoms with Gasteiger partial charge in [-0.25, -0.2) is 9.97 Å². The lowest BCUT2D eigenvalue weighted by Crippen LogP contribution is -2.19. The molecule has 0 atom stereocenters. The summed E-state index contributed by atoms with van der Waals surface area (Å²) in [6.45, 7) is 3.43. The number of pyridine rings is 2. The van der Waals surface area contributed by atoms with Crippen LogP contribution in [0.4, 0.5) is 0 Å². The van der Waals surface area contributed by atoms with Gasteiger partial charge in [0.2, 0.25) is 6.29 Å². The van der Waals surface area contributed by atoms with E-state index in [0.29, 0.717) is 13.2 Å². The van der Waals surface area contributed by atoms with Gasteiger partial charge in [-0.05, 0) is 48.4 Å². The van der Waals surface area contributed by atoms with Gasteiger partial charge in [-0.3, -0.25) is 4.98 Å². The Morgan fingerprint density at radius 3 is 2.85 bits per heavy atom. The van der Waals surface area contributed by atoms with Gasteiger partial charge in [0.05, 0.1) is 34.2 Å². The zero-order chi connectivity index (χ0) is 18.2. The van der Waals surface area contributed by atoms with Crippen molar-refractivity contribution in [1.29, 1.82) is 0 Å². The van der Waals surface area contributed by atoms with Crippen LogP contribution < -0.4 is 0 Å². The van der Waals surface area contributed by atoms with Crippen LogP contribution in [0.5, 0.6) is 0 Å². The van der Waals surface area contributed by atoms with Crippen molar-refractivity contribution >= 4 is 32.8 Å². The lowest BCUT2D eigenvalue weighted by Gasteiger charge is -2.23. The van der Waals surface area contributed by atoms with Crippen LogP contribution in [0.1, 0.15) is 24.1 Å². The summed E-state index contributed by atoms with van der Waals surface area (Å²) in [5, 5.41) is 4.20. The SMILES string of the molecule is Cc1nc(-c2cccnc2)sc1-c1cc2ccsc2c(C2OCCCO2)n1. The maximum Gasteiger partial charge on any atom is 0.202 e. The quantitative estimate of drug-likeness (QED) is 0.476. The minimum absolute atomic E-state index is 0.397. The lowest BCUT2D eigenvalue weighted by molar-refractivity contribution is -0.184. The second kappa shape index (κ2) is 7.09. The van der Waals surface area contributed by atoms with Crippen LogP contribution in [0.2, 0.25) is 0 Å². The number of ether oxygens (including phenoxy) is 2. The monoisotopic (exact) mass is 395 g/mol. The maximum absolute atomic E-state index is 5.84. The number of hydrogen-bond acceptors (Lipinski definition) is 7. The number of thiophene rings is 1. The summed E-state index contributed by atoms with van der Waals surface area (Å²) in [5.41, 5.74) is 3.77. The van der Waals surface area contributed by atoms with Crippen LogP contribution in [0, 0.1) is 6.92 Å². The average molecular weight is 396 g/mol. The van der Waals surface area contributed by atoms with Gasteiger partial charge in [0.15, 0.2) is 0 Å². The lowest BCUT2D eigenvalue weighted by atomic mass is 10.2. The summed E-state index contributed by atoms with van der Waals surface area (Å²) < 4.78 is 12.8. The predicted molar refractivity (Wildman–Crippen MR) is 108 cm³/mol. The molecule has 27 heavy (non-hydrogen) atoms. The Morgan fingerprint density at radius 1 is 1.15 bits per heavy atom. The van der Waals surface area contributed by atoms with Crippen molar-refractivity contribution in [3.63, 3.8) is 0 Å². The minimum Gasteiger partial charge on any atom is -0.347 e. The molecule has 0 aliphatic carbocycles. The second-order valence-corrected chi connectivity index (χ2v) is 8.25. The van der Waals surface area contributed by atoms with E-state index >= 15 is 0 Å². The van der Waals surface area contributed by atoms with Gasteiger partial charge in [-0.1, -0.05) is 0 Å². The van der Waals surface area contributed by atoms with Crippen molar-refractivity contribution in [2.24, 2.45) is 0 Å². The van der Waals surface area contributed by atoms with Crippen molar-refractivity contribution in [3.8, 4) is 21.1 Å². The molecule has 5 rings (SSSR count).